The van der Waals surface area contributed by atoms with E-state index in [1.807, 2.05) is 38.4 Å². The van der Waals surface area contributed by atoms with Crippen molar-refractivity contribution in [1.29, 1.82) is 0 Å². The molecule has 2 N–H and O–H groups in total. The van der Waals surface area contributed by atoms with Gasteiger partial charge in [0.25, 0.3) is 0 Å². The van der Waals surface area contributed by atoms with Crippen molar-refractivity contribution in [3.05, 3.63) is 29.8 Å². The first-order valence-electron chi connectivity index (χ1n) is 4.66. The summed E-state index contributed by atoms with van der Waals surface area (Å²) in [7, 11) is 5.24. The van der Waals surface area contributed by atoms with Gasteiger partial charge in [0.1, 0.15) is 11.8 Å². The number of rotatable bonds is 4. The normalized spacial score (nSPS) is 12.5. The Balaban J connectivity index is 2.97. The number of nitrogens with two attached hydrogens (primary N) is 1. The van der Waals surface area contributed by atoms with E-state index in [2.05, 4.69) is 0 Å². The van der Waals surface area contributed by atoms with E-state index >= 15 is 0 Å². The van der Waals surface area contributed by atoms with E-state index in [4.69, 9.17) is 10.5 Å². The number of hydrogen-bond acceptors (Lipinski definition) is 3. The lowest BCUT2D eigenvalue weighted by Crippen LogP contribution is -2.32. The van der Waals surface area contributed by atoms with Gasteiger partial charge in [-0.1, -0.05) is 12.1 Å². The molecule has 1 rings (SSSR count). The van der Waals surface area contributed by atoms with Crippen LogP contribution in [-0.4, -0.2) is 32.0 Å². The number of nitrogens with zero attached hydrogens (tertiary/aromatic N) is 1. The number of benzene rings is 1. The first kappa shape index (κ1) is 11.5. The van der Waals surface area contributed by atoms with Crippen molar-refractivity contribution in [1.82, 2.24) is 4.90 Å². The third-order valence-corrected chi connectivity index (χ3v) is 2.22. The standard InChI is InChI=1S/C11H16N2O2/c1-13(2)10(11(12)14)8-4-6-9(15-3)7-5-8/h4-7,10H,1-3H3,(H2,12,14)/t10-/m1/s1. The van der Waals surface area contributed by atoms with Crippen LogP contribution in [0.2, 0.25) is 0 Å². The Morgan fingerprint density at radius 2 is 1.87 bits per heavy atom. The number of likely N-dealkylation sites (N-methyl/N-ethyl adjacent to an activating group) is 1. The lowest BCUT2D eigenvalue weighted by Gasteiger charge is -2.21. The second-order valence-corrected chi connectivity index (χ2v) is 3.54. The Morgan fingerprint density at radius 1 is 1.33 bits per heavy atom. The van der Waals surface area contributed by atoms with Gasteiger partial charge in [0.2, 0.25) is 5.91 Å². The molecule has 0 unspecified atom stereocenters. The zero-order chi connectivity index (χ0) is 11.4. The number of amides is 1. The van der Waals surface area contributed by atoms with Crippen LogP contribution in [0.25, 0.3) is 0 Å². The molecular formula is C11H16N2O2. The maximum Gasteiger partial charge on any atom is 0.239 e. The fraction of sp³-hybridized carbons (Fsp3) is 0.364. The Labute approximate surface area is 89.6 Å². The van der Waals surface area contributed by atoms with Gasteiger partial charge in [-0.15, -0.1) is 0 Å². The largest absolute Gasteiger partial charge is 0.497 e. The molecule has 0 saturated carbocycles. The highest BCUT2D eigenvalue weighted by Gasteiger charge is 2.19. The fourth-order valence-electron chi connectivity index (χ4n) is 1.50. The average Bonchev–Trinajstić information content (AvgIpc) is 2.18. The molecule has 0 aliphatic heterocycles. The highest BCUT2D eigenvalue weighted by Crippen LogP contribution is 2.20. The smallest absolute Gasteiger partial charge is 0.239 e. The van der Waals surface area contributed by atoms with Crippen LogP contribution in [0.15, 0.2) is 24.3 Å². The summed E-state index contributed by atoms with van der Waals surface area (Å²) in [5.41, 5.74) is 6.20. The van der Waals surface area contributed by atoms with E-state index in [1.165, 1.54) is 0 Å². The third-order valence-electron chi connectivity index (χ3n) is 2.22. The van der Waals surface area contributed by atoms with Gasteiger partial charge in [0.15, 0.2) is 0 Å². The molecule has 4 nitrogen and oxygen atoms in total. The molecule has 1 aromatic rings. The molecule has 0 saturated heterocycles. The van der Waals surface area contributed by atoms with Crippen molar-refractivity contribution in [3.63, 3.8) is 0 Å². The minimum Gasteiger partial charge on any atom is -0.497 e. The van der Waals surface area contributed by atoms with Gasteiger partial charge in [-0.05, 0) is 31.8 Å². The van der Waals surface area contributed by atoms with Crippen LogP contribution in [-0.2, 0) is 4.79 Å². The summed E-state index contributed by atoms with van der Waals surface area (Å²) in [5, 5.41) is 0. The Hall–Kier alpha value is -1.55. The molecule has 1 amide bonds. The molecule has 0 aromatic heterocycles. The highest BCUT2D eigenvalue weighted by atomic mass is 16.5. The third kappa shape index (κ3) is 2.70. The molecule has 0 fully saturated rings. The average molecular weight is 208 g/mol. The molecule has 0 spiro atoms. The van der Waals surface area contributed by atoms with Crippen molar-refractivity contribution in [2.24, 2.45) is 5.73 Å². The lowest BCUT2D eigenvalue weighted by molar-refractivity contribution is -0.122. The minimum atomic E-state index is -0.393. The van der Waals surface area contributed by atoms with Crippen molar-refractivity contribution >= 4 is 5.91 Å². The summed E-state index contributed by atoms with van der Waals surface area (Å²) in [6.45, 7) is 0. The monoisotopic (exact) mass is 208 g/mol. The number of carbonyl (C=O) groups excluding carboxylic acids is 1. The lowest BCUT2D eigenvalue weighted by atomic mass is 10.1. The highest BCUT2D eigenvalue weighted by molar-refractivity contribution is 5.81. The van der Waals surface area contributed by atoms with Gasteiger partial charge < -0.3 is 10.5 Å². The van der Waals surface area contributed by atoms with Crippen LogP contribution in [0.4, 0.5) is 0 Å². The number of hydrogen-bond donors (Lipinski definition) is 1. The van der Waals surface area contributed by atoms with E-state index in [9.17, 15) is 4.79 Å². The Bertz CT molecular complexity index is 333. The second kappa shape index (κ2) is 4.79. The Kier molecular flexibility index (Phi) is 3.68. The molecule has 82 valence electrons. The van der Waals surface area contributed by atoms with E-state index in [0.29, 0.717) is 0 Å². The summed E-state index contributed by atoms with van der Waals surface area (Å²) in [4.78, 5) is 13.0. The summed E-state index contributed by atoms with van der Waals surface area (Å²) in [6, 6.07) is 6.92. The molecular weight excluding hydrogens is 192 g/mol. The van der Waals surface area contributed by atoms with Gasteiger partial charge in [-0.2, -0.15) is 0 Å². The van der Waals surface area contributed by atoms with Crippen molar-refractivity contribution in [2.45, 2.75) is 6.04 Å². The van der Waals surface area contributed by atoms with Crippen molar-refractivity contribution in [3.8, 4) is 5.75 Å². The minimum absolute atomic E-state index is 0.356. The molecule has 0 aliphatic carbocycles. The zero-order valence-electron chi connectivity index (χ0n) is 9.23. The van der Waals surface area contributed by atoms with Crippen molar-refractivity contribution < 1.29 is 9.53 Å². The van der Waals surface area contributed by atoms with E-state index < -0.39 is 6.04 Å². The van der Waals surface area contributed by atoms with Crippen LogP contribution in [0, 0.1) is 0 Å². The topological polar surface area (TPSA) is 55.6 Å². The van der Waals surface area contributed by atoms with Crippen molar-refractivity contribution in [2.75, 3.05) is 21.2 Å². The van der Waals surface area contributed by atoms with E-state index in [1.54, 1.807) is 12.0 Å². The van der Waals surface area contributed by atoms with Crippen LogP contribution >= 0.6 is 0 Å². The molecule has 1 aromatic carbocycles. The number of carbonyl (C=O) groups is 1. The van der Waals surface area contributed by atoms with Gasteiger partial charge in [-0.25, -0.2) is 0 Å². The van der Waals surface area contributed by atoms with Gasteiger partial charge in [0.05, 0.1) is 7.11 Å². The van der Waals surface area contributed by atoms with Gasteiger partial charge in [-0.3, -0.25) is 9.69 Å². The Morgan fingerprint density at radius 3 is 2.20 bits per heavy atom. The number of ether oxygens (including phenoxy) is 1. The first-order valence-corrected chi connectivity index (χ1v) is 4.66. The fourth-order valence-corrected chi connectivity index (χ4v) is 1.50. The van der Waals surface area contributed by atoms with Crippen LogP contribution in [0.1, 0.15) is 11.6 Å². The SMILES string of the molecule is COc1ccc([C@H](C(N)=O)N(C)C)cc1. The molecule has 4 heteroatoms. The van der Waals surface area contributed by atoms with Crippen LogP contribution < -0.4 is 10.5 Å². The predicted molar refractivity (Wildman–Crippen MR) is 58.6 cm³/mol. The molecule has 0 bridgehead atoms. The number of primary amides is 1. The van der Waals surface area contributed by atoms with Gasteiger partial charge >= 0.3 is 0 Å². The summed E-state index contributed by atoms with van der Waals surface area (Å²) in [6.07, 6.45) is 0. The molecule has 1 atom stereocenters. The molecule has 0 heterocycles. The molecule has 0 radical (unpaired) electrons. The molecule has 15 heavy (non-hydrogen) atoms. The molecule has 0 aliphatic rings. The second-order valence-electron chi connectivity index (χ2n) is 3.54. The maximum atomic E-state index is 11.2. The zero-order valence-corrected chi connectivity index (χ0v) is 9.23. The summed E-state index contributed by atoms with van der Waals surface area (Å²) >= 11 is 0. The van der Waals surface area contributed by atoms with E-state index in [-0.39, 0.29) is 5.91 Å². The maximum absolute atomic E-state index is 11.2. The van der Waals surface area contributed by atoms with Crippen LogP contribution in [0.5, 0.6) is 5.75 Å². The number of methoxy groups -OCH3 is 1. The van der Waals surface area contributed by atoms with E-state index in [0.717, 1.165) is 11.3 Å². The summed E-state index contributed by atoms with van der Waals surface area (Å²) < 4.78 is 5.04. The first-order chi connectivity index (χ1) is 7.06. The van der Waals surface area contributed by atoms with Crippen LogP contribution in [0.3, 0.4) is 0 Å². The predicted octanol–water partition coefficient (Wildman–Crippen LogP) is 0.783. The summed E-state index contributed by atoms with van der Waals surface area (Å²) in [5.74, 6) is 0.408. The van der Waals surface area contributed by atoms with Gasteiger partial charge in [0, 0.05) is 0 Å². The quantitative estimate of drug-likeness (QED) is 0.795.